The maximum Gasteiger partial charge on any atom is 0.459 e. The molecule has 11 nitrogen and oxygen atoms in total. The lowest BCUT2D eigenvalue weighted by molar-refractivity contribution is -0.149. The van der Waals surface area contributed by atoms with Crippen LogP contribution in [0.3, 0.4) is 0 Å². The Bertz CT molecular complexity index is 1710. The molecule has 2 aromatic heterocycles. The molecular formula is C32H41F3N5O6P. The van der Waals surface area contributed by atoms with E-state index in [1.54, 1.807) is 13.8 Å². The van der Waals surface area contributed by atoms with Crippen LogP contribution in [-0.4, -0.2) is 45.9 Å². The number of hydrogen-bond acceptors (Lipinski definition) is 9. The summed E-state index contributed by atoms with van der Waals surface area (Å²) in [7, 11) is -4.43. The number of halogens is 3. The number of ether oxygens (including phenoxy) is 2. The summed E-state index contributed by atoms with van der Waals surface area (Å²) in [5.74, 6) is -0.0766. The van der Waals surface area contributed by atoms with Crippen molar-refractivity contribution in [1.82, 2.24) is 19.6 Å². The zero-order chi connectivity index (χ0) is 34.4. The average molecular weight is 680 g/mol. The molecule has 0 saturated heterocycles. The number of benzene rings is 2. The van der Waals surface area contributed by atoms with Crippen LogP contribution in [0.5, 0.6) is 5.75 Å². The Morgan fingerprint density at radius 1 is 1.06 bits per heavy atom. The Morgan fingerprint density at radius 3 is 2.40 bits per heavy atom. The number of nitrogens with zero attached hydrogens (tertiary/aromatic N) is 3. The van der Waals surface area contributed by atoms with Gasteiger partial charge in [0, 0.05) is 12.0 Å². The van der Waals surface area contributed by atoms with Crippen molar-refractivity contribution in [2.24, 2.45) is 0 Å². The second-order valence-electron chi connectivity index (χ2n) is 11.3. The molecule has 2 heterocycles. The Labute approximate surface area is 271 Å². The number of fused-ring (bicyclic) bond motifs is 3. The fourth-order valence-corrected chi connectivity index (χ4v) is 6.55. The molecule has 15 heteroatoms. The molecule has 0 spiro atoms. The number of aromatic nitrogens is 3. The predicted octanol–water partition coefficient (Wildman–Crippen LogP) is 7.59. The van der Waals surface area contributed by atoms with E-state index in [1.165, 1.54) is 6.92 Å². The van der Waals surface area contributed by atoms with Gasteiger partial charge in [0.15, 0.2) is 5.82 Å². The smallest absolute Gasteiger partial charge is 0.459 e. The molecule has 256 valence electrons. The van der Waals surface area contributed by atoms with Crippen LogP contribution in [0, 0.1) is 0 Å². The summed E-state index contributed by atoms with van der Waals surface area (Å²) < 4.78 is 78.7. The van der Waals surface area contributed by atoms with Crippen molar-refractivity contribution >= 4 is 41.5 Å². The van der Waals surface area contributed by atoms with Crippen LogP contribution in [0.4, 0.5) is 19.0 Å². The number of carbonyl (C=O) groups excluding carboxylic acids is 1. The van der Waals surface area contributed by atoms with Crippen molar-refractivity contribution < 1.29 is 41.1 Å². The third-order valence-electron chi connectivity index (χ3n) is 7.22. The summed E-state index contributed by atoms with van der Waals surface area (Å²) in [5, 5.41) is 3.40. The van der Waals surface area contributed by atoms with E-state index in [2.05, 4.69) is 10.1 Å². The normalized spacial score (nSPS) is 14.7. The number of rotatable bonds is 16. The third-order valence-corrected chi connectivity index (χ3v) is 8.86. The summed E-state index contributed by atoms with van der Waals surface area (Å²) in [6.45, 7) is 9.04. The number of nitrogen functional groups attached to an aromatic ring is 1. The zero-order valence-corrected chi connectivity index (χ0v) is 27.9. The predicted molar refractivity (Wildman–Crippen MR) is 173 cm³/mol. The Kier molecular flexibility index (Phi) is 11.9. The Morgan fingerprint density at radius 2 is 1.77 bits per heavy atom. The third kappa shape index (κ3) is 9.01. The van der Waals surface area contributed by atoms with E-state index in [-0.39, 0.29) is 24.8 Å². The van der Waals surface area contributed by atoms with Crippen LogP contribution in [0.15, 0.2) is 48.5 Å². The van der Waals surface area contributed by atoms with E-state index < -0.39 is 43.6 Å². The van der Waals surface area contributed by atoms with Gasteiger partial charge in [-0.3, -0.25) is 9.32 Å². The van der Waals surface area contributed by atoms with Crippen LogP contribution in [0.2, 0.25) is 0 Å². The van der Waals surface area contributed by atoms with Gasteiger partial charge in [-0.15, -0.1) is 0 Å². The molecule has 47 heavy (non-hydrogen) atoms. The first-order valence-electron chi connectivity index (χ1n) is 15.5. The summed E-state index contributed by atoms with van der Waals surface area (Å²) in [4.78, 5) is 22.0. The first-order valence-corrected chi connectivity index (χ1v) is 17.0. The largest absolute Gasteiger partial charge is 0.462 e. The van der Waals surface area contributed by atoms with Crippen molar-refractivity contribution in [2.45, 2.75) is 84.9 Å². The number of unbranched alkanes of at least 4 members (excludes halogenated alkanes) is 1. The van der Waals surface area contributed by atoms with Crippen molar-refractivity contribution in [3.05, 3.63) is 59.9 Å². The number of alkyl halides is 3. The van der Waals surface area contributed by atoms with E-state index in [9.17, 15) is 22.5 Å². The summed E-state index contributed by atoms with van der Waals surface area (Å²) >= 11 is 0. The molecule has 0 saturated carbocycles. The first kappa shape index (κ1) is 36.1. The van der Waals surface area contributed by atoms with Crippen molar-refractivity contribution in [3.8, 4) is 5.75 Å². The minimum Gasteiger partial charge on any atom is -0.462 e. The lowest BCUT2D eigenvalue weighted by Crippen LogP contribution is -2.36. The maximum atomic E-state index is 14.3. The molecule has 0 aliphatic rings. The zero-order valence-electron chi connectivity index (χ0n) is 27.0. The van der Waals surface area contributed by atoms with E-state index in [0.29, 0.717) is 35.4 Å². The van der Waals surface area contributed by atoms with Gasteiger partial charge in [-0.25, -0.2) is 14.5 Å². The molecule has 0 aliphatic heterocycles. The quantitative estimate of drug-likeness (QED) is 0.0899. The van der Waals surface area contributed by atoms with Crippen LogP contribution in [0.25, 0.3) is 21.9 Å². The van der Waals surface area contributed by atoms with Crippen molar-refractivity contribution in [1.29, 1.82) is 0 Å². The molecule has 1 unspecified atom stereocenters. The number of anilines is 1. The van der Waals surface area contributed by atoms with Crippen LogP contribution in [0.1, 0.15) is 71.3 Å². The Hall–Kier alpha value is -3.71. The van der Waals surface area contributed by atoms with Gasteiger partial charge in [0.05, 0.1) is 35.3 Å². The summed E-state index contributed by atoms with van der Waals surface area (Å²) in [6, 6.07) is 9.55. The summed E-state index contributed by atoms with van der Waals surface area (Å²) in [5.41, 5.74) is 7.30. The number of nitrogens with two attached hydrogens (primary N) is 1. The minimum atomic E-state index is -4.57. The second-order valence-corrected chi connectivity index (χ2v) is 13.0. The van der Waals surface area contributed by atoms with Gasteiger partial charge in [0.1, 0.15) is 29.7 Å². The number of pyridine rings is 1. The topological polar surface area (TPSA) is 140 Å². The number of carbonyl (C=O) groups is 1. The SMILES string of the molecule is CCCC[C@H](COP(=O)(N[C@@H](C)C(=O)OC(C)C)Oc1ccc(C(F)(F)F)cc1)n1c(COCC)nc2c(N)nc3ccccc3c21. The molecule has 4 rings (SSSR count). The van der Waals surface area contributed by atoms with Crippen LogP contribution < -0.4 is 15.3 Å². The van der Waals surface area contributed by atoms with Crippen molar-refractivity contribution in [3.63, 3.8) is 0 Å². The monoisotopic (exact) mass is 679 g/mol. The molecule has 2 aromatic carbocycles. The number of para-hydroxylation sites is 1. The maximum absolute atomic E-state index is 14.3. The van der Waals surface area contributed by atoms with Gasteiger partial charge >= 0.3 is 19.9 Å². The lowest BCUT2D eigenvalue weighted by atomic mass is 10.1. The van der Waals surface area contributed by atoms with Gasteiger partial charge in [0.2, 0.25) is 0 Å². The van der Waals surface area contributed by atoms with Gasteiger partial charge in [-0.1, -0.05) is 38.0 Å². The molecular weight excluding hydrogens is 638 g/mol. The van der Waals surface area contributed by atoms with Crippen LogP contribution >= 0.6 is 7.75 Å². The second kappa shape index (κ2) is 15.5. The fraction of sp³-hybridized carbons (Fsp3) is 0.469. The summed E-state index contributed by atoms with van der Waals surface area (Å²) in [6.07, 6.45) is -2.87. The van der Waals surface area contributed by atoms with E-state index >= 15 is 0 Å². The highest BCUT2D eigenvalue weighted by Crippen LogP contribution is 2.47. The van der Waals surface area contributed by atoms with Crippen LogP contribution in [-0.2, 0) is 36.1 Å². The number of esters is 1. The van der Waals surface area contributed by atoms with E-state index in [4.69, 9.17) is 29.2 Å². The fourth-order valence-electron chi connectivity index (χ4n) is 5.03. The highest BCUT2D eigenvalue weighted by molar-refractivity contribution is 7.52. The lowest BCUT2D eigenvalue weighted by Gasteiger charge is -2.27. The molecule has 0 bridgehead atoms. The molecule has 3 atom stereocenters. The highest BCUT2D eigenvalue weighted by atomic mass is 31.2. The van der Waals surface area contributed by atoms with Crippen molar-refractivity contribution in [2.75, 3.05) is 18.9 Å². The number of nitrogens with one attached hydrogen (secondary N) is 1. The molecule has 0 amide bonds. The van der Waals surface area contributed by atoms with Gasteiger partial charge in [-0.2, -0.15) is 18.3 Å². The number of imidazole rings is 1. The average Bonchev–Trinajstić information content (AvgIpc) is 3.39. The first-order chi connectivity index (χ1) is 22.3. The molecule has 0 radical (unpaired) electrons. The van der Waals surface area contributed by atoms with Gasteiger partial charge in [-0.05, 0) is 64.4 Å². The molecule has 3 N–H and O–H groups in total. The molecule has 0 fully saturated rings. The molecule has 4 aromatic rings. The van der Waals surface area contributed by atoms with Gasteiger partial charge < -0.3 is 24.3 Å². The Balaban J connectivity index is 1.76. The molecule has 0 aliphatic carbocycles. The minimum absolute atomic E-state index is 0.150. The van der Waals surface area contributed by atoms with E-state index in [1.807, 2.05) is 42.7 Å². The van der Waals surface area contributed by atoms with Gasteiger partial charge in [0.25, 0.3) is 0 Å². The standard InChI is InChI=1S/C32H41F3N5O6P/c1-6-8-11-23(40-27(19-43-7-2)38-28-29(40)25-12-9-10-13-26(25)37-30(28)36)18-44-47(42,39-21(5)31(41)45-20(3)4)46-24-16-14-22(15-17-24)32(33,34)35/h9-10,12-17,20-21,23H,6-8,11,18-19H2,1-5H3,(H2,36,37)(H,39,42)/t21-,23+,47?/m0/s1. The van der Waals surface area contributed by atoms with E-state index in [0.717, 1.165) is 42.5 Å². The highest BCUT2D eigenvalue weighted by Gasteiger charge is 2.35. The number of hydrogen-bond donors (Lipinski definition) is 2.